The van der Waals surface area contributed by atoms with Gasteiger partial charge in [-0.1, -0.05) is 0 Å². The summed E-state index contributed by atoms with van der Waals surface area (Å²) in [6.45, 7) is 0. The van der Waals surface area contributed by atoms with Crippen LogP contribution >= 0.6 is 11.9 Å². The van der Waals surface area contributed by atoms with Crippen LogP contribution in [-0.4, -0.2) is 10.9 Å². The normalized spacial score (nSPS) is 9.55. The first-order valence-electron chi connectivity index (χ1n) is 2.87. The van der Waals surface area contributed by atoms with Crippen molar-refractivity contribution < 1.29 is 4.79 Å². The van der Waals surface area contributed by atoms with Gasteiger partial charge in [0, 0.05) is 6.20 Å². The highest BCUT2D eigenvalue weighted by atomic mass is 32.2. The summed E-state index contributed by atoms with van der Waals surface area (Å²) in [4.78, 5) is 15.0. The van der Waals surface area contributed by atoms with Crippen molar-refractivity contribution in [3.8, 4) is 0 Å². The van der Waals surface area contributed by atoms with Gasteiger partial charge in [0.2, 0.25) is 0 Å². The highest BCUT2D eigenvalue weighted by molar-refractivity contribution is 7.97. The van der Waals surface area contributed by atoms with Crippen molar-refractivity contribution in [3.05, 3.63) is 24.0 Å². The van der Waals surface area contributed by atoms with Gasteiger partial charge in [0.1, 0.15) is 5.69 Å². The average molecular weight is 169 g/mol. The fraction of sp³-hybridized carbons (Fsp3) is 0. The van der Waals surface area contributed by atoms with Crippen LogP contribution in [0.2, 0.25) is 0 Å². The maximum atomic E-state index is 10.7. The van der Waals surface area contributed by atoms with Crippen LogP contribution in [0.15, 0.2) is 23.2 Å². The van der Waals surface area contributed by atoms with E-state index >= 15 is 0 Å². The van der Waals surface area contributed by atoms with Gasteiger partial charge in [-0.3, -0.25) is 9.93 Å². The van der Waals surface area contributed by atoms with Crippen LogP contribution in [-0.2, 0) is 0 Å². The highest BCUT2D eigenvalue weighted by Crippen LogP contribution is 2.13. The zero-order valence-electron chi connectivity index (χ0n) is 5.65. The number of carbonyl (C=O) groups is 1. The van der Waals surface area contributed by atoms with Gasteiger partial charge in [-0.15, -0.1) is 0 Å². The number of nitrogens with two attached hydrogens (primary N) is 2. The molecule has 0 saturated carbocycles. The van der Waals surface area contributed by atoms with Crippen molar-refractivity contribution >= 4 is 17.9 Å². The lowest BCUT2D eigenvalue weighted by atomic mass is 10.3. The first-order valence-corrected chi connectivity index (χ1v) is 3.75. The van der Waals surface area contributed by atoms with E-state index < -0.39 is 5.91 Å². The summed E-state index contributed by atoms with van der Waals surface area (Å²) in [6.07, 6.45) is 1.50. The van der Waals surface area contributed by atoms with Gasteiger partial charge in [-0.05, 0) is 24.1 Å². The van der Waals surface area contributed by atoms with Gasteiger partial charge in [-0.2, -0.15) is 0 Å². The van der Waals surface area contributed by atoms with Crippen LogP contribution in [0.3, 0.4) is 0 Å². The molecular formula is C6H7N3OS. The molecule has 0 atom stereocenters. The molecule has 1 rings (SSSR count). The first-order chi connectivity index (χ1) is 5.25. The van der Waals surface area contributed by atoms with Crippen molar-refractivity contribution in [2.45, 2.75) is 4.90 Å². The minimum Gasteiger partial charge on any atom is -0.364 e. The van der Waals surface area contributed by atoms with Gasteiger partial charge in [-0.25, -0.2) is 4.98 Å². The summed E-state index contributed by atoms with van der Waals surface area (Å²) in [6, 6.07) is 3.39. The number of hydrogen-bond acceptors (Lipinski definition) is 4. The maximum absolute atomic E-state index is 10.7. The van der Waals surface area contributed by atoms with Gasteiger partial charge >= 0.3 is 0 Å². The number of primary amides is 1. The predicted molar refractivity (Wildman–Crippen MR) is 42.8 cm³/mol. The molecule has 5 heteroatoms. The van der Waals surface area contributed by atoms with E-state index in [0.29, 0.717) is 4.90 Å². The molecule has 1 aromatic rings. The lowest BCUT2D eigenvalue weighted by Gasteiger charge is -1.99. The third kappa shape index (κ3) is 1.69. The molecule has 0 aromatic carbocycles. The van der Waals surface area contributed by atoms with Crippen LogP contribution in [0, 0.1) is 0 Å². The lowest BCUT2D eigenvalue weighted by Crippen LogP contribution is -2.14. The number of hydrogen-bond donors (Lipinski definition) is 2. The Morgan fingerprint density at radius 1 is 1.64 bits per heavy atom. The van der Waals surface area contributed by atoms with Gasteiger partial charge < -0.3 is 5.73 Å². The van der Waals surface area contributed by atoms with E-state index in [9.17, 15) is 4.79 Å². The largest absolute Gasteiger partial charge is 0.364 e. The van der Waals surface area contributed by atoms with Gasteiger partial charge in [0.25, 0.3) is 5.91 Å². The molecule has 0 saturated heterocycles. The van der Waals surface area contributed by atoms with Crippen molar-refractivity contribution in [1.29, 1.82) is 0 Å². The molecule has 58 valence electrons. The van der Waals surface area contributed by atoms with Crippen molar-refractivity contribution in [3.63, 3.8) is 0 Å². The van der Waals surface area contributed by atoms with E-state index in [-0.39, 0.29) is 5.69 Å². The minimum atomic E-state index is -0.557. The molecule has 0 bridgehead atoms. The zero-order valence-corrected chi connectivity index (χ0v) is 6.47. The Balaban J connectivity index is 3.12. The summed E-state index contributed by atoms with van der Waals surface area (Å²) >= 11 is 0.960. The van der Waals surface area contributed by atoms with Crippen molar-refractivity contribution in [2.75, 3.05) is 0 Å². The van der Waals surface area contributed by atoms with Crippen molar-refractivity contribution in [2.24, 2.45) is 10.9 Å². The summed E-state index contributed by atoms with van der Waals surface area (Å²) in [5.41, 5.74) is 5.24. The molecule has 1 amide bonds. The van der Waals surface area contributed by atoms with Gasteiger partial charge in [0.15, 0.2) is 0 Å². The molecule has 0 radical (unpaired) electrons. The minimum absolute atomic E-state index is 0.222. The van der Waals surface area contributed by atoms with E-state index in [2.05, 4.69) is 4.98 Å². The predicted octanol–water partition coefficient (Wildman–Crippen LogP) is 0.146. The molecule has 0 aliphatic rings. The molecule has 1 aromatic heterocycles. The Kier molecular flexibility index (Phi) is 2.45. The molecule has 11 heavy (non-hydrogen) atoms. The number of rotatable bonds is 2. The van der Waals surface area contributed by atoms with E-state index in [4.69, 9.17) is 10.9 Å². The summed E-state index contributed by atoms with van der Waals surface area (Å²) in [5.74, 6) is -0.557. The molecule has 0 unspecified atom stereocenters. The number of aromatic nitrogens is 1. The molecule has 0 aliphatic heterocycles. The van der Waals surface area contributed by atoms with Crippen LogP contribution in [0.1, 0.15) is 10.5 Å². The smallest absolute Gasteiger partial charge is 0.268 e. The van der Waals surface area contributed by atoms with Crippen molar-refractivity contribution in [1.82, 2.24) is 4.98 Å². The molecule has 4 nitrogen and oxygen atoms in total. The monoisotopic (exact) mass is 169 g/mol. The molecular weight excluding hydrogens is 162 g/mol. The van der Waals surface area contributed by atoms with E-state index in [0.717, 1.165) is 11.9 Å². The molecule has 4 N–H and O–H groups in total. The second-order valence-electron chi connectivity index (χ2n) is 1.83. The number of carbonyl (C=O) groups excluding carboxylic acids is 1. The maximum Gasteiger partial charge on any atom is 0.268 e. The fourth-order valence-corrected chi connectivity index (χ4v) is 1.09. The van der Waals surface area contributed by atoms with Crippen LogP contribution < -0.4 is 10.9 Å². The first kappa shape index (κ1) is 8.03. The third-order valence-electron chi connectivity index (χ3n) is 1.13. The van der Waals surface area contributed by atoms with Crippen LogP contribution in [0.5, 0.6) is 0 Å². The standard InChI is InChI=1S/C6H7N3OS/c7-6(10)5-4(11-8)2-1-3-9-5/h1-3H,8H2,(H2,7,10). The van der Waals surface area contributed by atoms with Crippen LogP contribution in [0.4, 0.5) is 0 Å². The topological polar surface area (TPSA) is 82.0 Å². The Bertz CT molecular complexity index is 276. The Labute approximate surface area is 68.1 Å². The molecule has 1 heterocycles. The van der Waals surface area contributed by atoms with Crippen LogP contribution in [0.25, 0.3) is 0 Å². The molecule has 0 aliphatic carbocycles. The lowest BCUT2D eigenvalue weighted by molar-refractivity contribution is 0.0992. The molecule has 0 fully saturated rings. The van der Waals surface area contributed by atoms with E-state index in [1.54, 1.807) is 12.1 Å². The van der Waals surface area contributed by atoms with Gasteiger partial charge in [0.05, 0.1) is 4.90 Å². The second kappa shape index (κ2) is 3.36. The highest BCUT2D eigenvalue weighted by Gasteiger charge is 2.06. The van der Waals surface area contributed by atoms with E-state index in [1.807, 2.05) is 0 Å². The fourth-order valence-electron chi connectivity index (χ4n) is 0.671. The zero-order chi connectivity index (χ0) is 8.27. The Morgan fingerprint density at radius 2 is 2.36 bits per heavy atom. The Hall–Kier alpha value is -1.07. The summed E-state index contributed by atoms with van der Waals surface area (Å²) in [5, 5.41) is 5.26. The second-order valence-corrected chi connectivity index (χ2v) is 2.51. The summed E-state index contributed by atoms with van der Waals surface area (Å²) < 4.78 is 0. The Morgan fingerprint density at radius 3 is 2.82 bits per heavy atom. The summed E-state index contributed by atoms with van der Waals surface area (Å²) in [7, 11) is 0. The third-order valence-corrected chi connectivity index (χ3v) is 1.71. The average Bonchev–Trinajstić information content (AvgIpc) is 2.04. The molecule has 0 spiro atoms. The quantitative estimate of drug-likeness (QED) is 0.617. The number of amides is 1. The van der Waals surface area contributed by atoms with E-state index in [1.165, 1.54) is 6.20 Å². The number of pyridine rings is 1. The number of nitrogens with zero attached hydrogens (tertiary/aromatic N) is 1. The SMILES string of the molecule is NSc1cccnc1C(N)=O.